The highest BCUT2D eigenvalue weighted by atomic mass is 19.4. The van der Waals surface area contributed by atoms with Crippen molar-refractivity contribution in [3.8, 4) is 0 Å². The molecule has 0 unspecified atom stereocenters. The smallest absolute Gasteiger partial charge is 0.269 e. The van der Waals surface area contributed by atoms with Gasteiger partial charge in [0.15, 0.2) is 0 Å². The number of amides is 4. The molecule has 2 aliphatic heterocycles. The van der Waals surface area contributed by atoms with Gasteiger partial charge >= 0.3 is 60.7 Å². The Hall–Kier alpha value is -6.14. The monoisotopic (exact) mass is 1030 g/mol. The quantitative estimate of drug-likeness (QED) is 0.0735. The van der Waals surface area contributed by atoms with Crippen LogP contribution in [0.1, 0.15) is 63.7 Å². The number of hydrogen-bond donors (Lipinski definition) is 0. The van der Waals surface area contributed by atoms with Crippen molar-refractivity contribution in [2.75, 3.05) is 13.1 Å². The largest absolute Gasteiger partial charge is 0.459 e. The Balaban J connectivity index is 1.73. The van der Waals surface area contributed by atoms with E-state index in [-0.39, 0.29) is 0 Å². The number of halogens is 26. The molecule has 32 heteroatoms. The van der Waals surface area contributed by atoms with Crippen LogP contribution in [0, 0.1) is 0 Å². The van der Waals surface area contributed by atoms with E-state index in [1.165, 1.54) is 0 Å². The summed E-state index contributed by atoms with van der Waals surface area (Å²) >= 11 is 0. The lowest BCUT2D eigenvalue weighted by molar-refractivity contribution is -0.354. The Labute approximate surface area is 352 Å². The summed E-state index contributed by atoms with van der Waals surface area (Å²) in [6, 6.07) is -3.14. The molecule has 5 aromatic carbocycles. The maximum atomic E-state index is 15.1. The van der Waals surface area contributed by atoms with Crippen LogP contribution in [0.25, 0.3) is 43.1 Å². The third-order valence-corrected chi connectivity index (χ3v) is 10.8. The van der Waals surface area contributed by atoms with E-state index in [1.807, 2.05) is 0 Å². The highest BCUT2D eigenvalue weighted by molar-refractivity contribution is 6.42. The lowest BCUT2D eigenvalue weighted by Crippen LogP contribution is -2.59. The van der Waals surface area contributed by atoms with Gasteiger partial charge in [-0.1, -0.05) is 0 Å². The second-order valence-electron chi connectivity index (χ2n) is 14.8. The molecule has 0 aliphatic carbocycles. The van der Waals surface area contributed by atoms with Crippen LogP contribution in [0.15, 0.2) is 24.3 Å². The summed E-state index contributed by atoms with van der Waals surface area (Å²) in [4.78, 5) is 51.3. The van der Waals surface area contributed by atoms with Crippen LogP contribution in [0.3, 0.4) is 0 Å². The molecule has 5 aromatic rings. The molecule has 0 spiro atoms. The zero-order valence-corrected chi connectivity index (χ0v) is 31.1. The maximum Gasteiger partial charge on any atom is 0.459 e. The Bertz CT molecular complexity index is 2870. The van der Waals surface area contributed by atoms with E-state index >= 15 is 26.3 Å². The summed E-state index contributed by atoms with van der Waals surface area (Å²) in [7, 11) is 0. The molecule has 0 atom stereocenters. The summed E-state index contributed by atoms with van der Waals surface area (Å²) in [6.45, 7) is -7.19. The highest BCUT2D eigenvalue weighted by Crippen LogP contribution is 2.57. The van der Waals surface area contributed by atoms with Gasteiger partial charge in [-0.3, -0.25) is 29.0 Å². The molecule has 0 bridgehead atoms. The molecule has 6 nitrogen and oxygen atoms in total. The van der Waals surface area contributed by atoms with Gasteiger partial charge in [-0.25, -0.2) is 0 Å². The predicted octanol–water partition coefficient (Wildman–Crippen LogP) is 12.7. The van der Waals surface area contributed by atoms with Crippen LogP contribution in [-0.2, 0) is 24.7 Å². The third kappa shape index (κ3) is 6.71. The lowest BCUT2D eigenvalue weighted by atomic mass is 9.77. The van der Waals surface area contributed by atoms with Crippen LogP contribution in [0.2, 0.25) is 0 Å². The molecule has 2 heterocycles. The number of hydrogen-bond acceptors (Lipinski definition) is 4. The van der Waals surface area contributed by atoms with Crippen molar-refractivity contribution in [3.05, 3.63) is 68.8 Å². The fourth-order valence-corrected chi connectivity index (χ4v) is 7.94. The van der Waals surface area contributed by atoms with Gasteiger partial charge in [0.2, 0.25) is 0 Å². The van der Waals surface area contributed by atoms with E-state index in [0.29, 0.717) is 0 Å². The second-order valence-corrected chi connectivity index (χ2v) is 14.8. The minimum atomic E-state index is -7.30. The second kappa shape index (κ2) is 13.8. The molecular weight excluding hydrogens is 1020 g/mol. The minimum absolute atomic E-state index is 0.773. The van der Waals surface area contributed by atoms with Gasteiger partial charge in [-0.15, -0.1) is 0 Å². The Morgan fingerprint density at radius 1 is 0.324 bits per heavy atom. The van der Waals surface area contributed by atoms with E-state index < -0.39 is 219 Å². The lowest BCUT2D eigenvalue weighted by Gasteiger charge is -2.36. The summed E-state index contributed by atoms with van der Waals surface area (Å²) in [6.07, 6.45) is -40.0. The number of benzene rings is 5. The van der Waals surface area contributed by atoms with Crippen molar-refractivity contribution in [2.45, 2.75) is 60.7 Å². The zero-order valence-electron chi connectivity index (χ0n) is 31.1. The molecule has 0 fully saturated rings. The molecule has 0 saturated heterocycles. The van der Waals surface area contributed by atoms with Crippen LogP contribution < -0.4 is 0 Å². The van der Waals surface area contributed by atoms with E-state index in [2.05, 4.69) is 0 Å². The van der Waals surface area contributed by atoms with Gasteiger partial charge in [0.05, 0.1) is 46.5 Å². The maximum absolute atomic E-state index is 15.1. The molecule has 0 radical (unpaired) electrons. The van der Waals surface area contributed by atoms with E-state index in [1.54, 1.807) is 0 Å². The number of nitrogens with zero attached hydrogens (tertiary/aromatic N) is 2. The van der Waals surface area contributed by atoms with Crippen molar-refractivity contribution in [1.82, 2.24) is 9.80 Å². The van der Waals surface area contributed by atoms with Crippen molar-refractivity contribution >= 4 is 66.7 Å². The average molecular weight is 1030 g/mol. The van der Waals surface area contributed by atoms with E-state index in [4.69, 9.17) is 0 Å². The third-order valence-electron chi connectivity index (χ3n) is 10.8. The summed E-state index contributed by atoms with van der Waals surface area (Å²) < 4.78 is 373. The van der Waals surface area contributed by atoms with Crippen molar-refractivity contribution in [2.24, 2.45) is 0 Å². The van der Waals surface area contributed by atoms with Gasteiger partial charge in [0.25, 0.3) is 23.6 Å². The molecule has 368 valence electrons. The van der Waals surface area contributed by atoms with Crippen molar-refractivity contribution in [3.63, 3.8) is 0 Å². The minimum Gasteiger partial charge on any atom is -0.269 e. The topological polar surface area (TPSA) is 74.8 Å². The molecule has 68 heavy (non-hydrogen) atoms. The van der Waals surface area contributed by atoms with Gasteiger partial charge in [-0.05, 0) is 45.8 Å². The Kier molecular flexibility index (Phi) is 10.1. The molecule has 0 N–H and O–H groups in total. The molecular formula is C36H8F26N2O4. The standard InChI is InChI=1S/C36H8F26N2O4/c37-27(38,33(53,54)35(57,58)59)5-63-23(65)9-4-12(30(44,45)46)16-8-2-14(32(50,51)52)22-20-10(24(66)64(26(22)68)6-28(39,40)34(55,56)36(60,61)62)3-11(29(41,42)43)15(18(8)20)7-1-13(31(47,48)49)21(25(63)67)19(9)17(7)16/h1-4H,5-6H2. The normalized spacial score (nSPS) is 16.6. The first kappa shape index (κ1) is 49.8. The molecule has 7 rings (SSSR count). The average Bonchev–Trinajstić information content (AvgIpc) is 3.15. The van der Waals surface area contributed by atoms with Crippen LogP contribution in [-0.4, -0.2) is 82.6 Å². The molecule has 0 aromatic heterocycles. The highest BCUT2D eigenvalue weighted by Gasteiger charge is 2.75. The van der Waals surface area contributed by atoms with Crippen LogP contribution >= 0.6 is 0 Å². The fourth-order valence-electron chi connectivity index (χ4n) is 7.94. The molecule has 2 aliphatic rings. The predicted molar refractivity (Wildman–Crippen MR) is 170 cm³/mol. The number of rotatable bonds is 6. The molecule has 0 saturated carbocycles. The summed E-state index contributed by atoms with van der Waals surface area (Å²) in [5, 5.41) is -16.4. The van der Waals surface area contributed by atoms with Gasteiger partial charge < -0.3 is 0 Å². The summed E-state index contributed by atoms with van der Waals surface area (Å²) in [5.74, 6) is -39.9. The fraction of sp³-hybridized carbons (Fsp3) is 0.333. The SMILES string of the molecule is O=C1c2cc(C(F)(F)F)c3c4cc(C(F)(F)F)c5c6c(cc(C(F)(F)F)c(c7cc(C(F)(F)F)c(c2c73)C(=O)N1CC(F)(F)C(F)(F)C(F)(F)F)c64)C(=O)N(CC(F)(F)C(F)(F)C(F)(F)F)C5=O. The van der Waals surface area contributed by atoms with E-state index in [0.717, 1.165) is 0 Å². The van der Waals surface area contributed by atoms with Crippen molar-refractivity contribution < 1.29 is 133 Å². The van der Waals surface area contributed by atoms with Crippen LogP contribution in [0.4, 0.5) is 114 Å². The summed E-state index contributed by atoms with van der Waals surface area (Å²) in [5.41, 5.74) is -20.6. The van der Waals surface area contributed by atoms with Crippen molar-refractivity contribution in [1.29, 1.82) is 0 Å². The Morgan fingerprint density at radius 2 is 0.588 bits per heavy atom. The van der Waals surface area contributed by atoms with E-state index in [9.17, 15) is 107 Å². The first-order chi connectivity index (χ1) is 30.3. The number of carbonyl (C=O) groups excluding carboxylic acids is 4. The first-order valence-corrected chi connectivity index (χ1v) is 17.3. The Morgan fingerprint density at radius 3 is 0.824 bits per heavy atom. The first-order valence-electron chi connectivity index (χ1n) is 17.3. The number of carbonyl (C=O) groups is 4. The number of alkyl halides is 26. The van der Waals surface area contributed by atoms with Gasteiger partial charge in [0.1, 0.15) is 0 Å². The zero-order chi connectivity index (χ0) is 51.9. The van der Waals surface area contributed by atoms with Gasteiger partial charge in [0, 0.05) is 32.7 Å². The number of fused-ring (bicyclic) bond motifs is 2. The van der Waals surface area contributed by atoms with Crippen LogP contribution in [0.5, 0.6) is 0 Å². The number of imide groups is 2. The van der Waals surface area contributed by atoms with Gasteiger partial charge in [-0.2, -0.15) is 114 Å². The molecule has 4 amide bonds.